The molecule has 2 atom stereocenters. The maximum Gasteiger partial charge on any atom is 0.252 e. The Bertz CT molecular complexity index is 366. The number of nitrogens with one attached hydrogen (secondary N) is 1. The van der Waals surface area contributed by atoms with Crippen LogP contribution in [0.4, 0.5) is 0 Å². The third-order valence-electron chi connectivity index (χ3n) is 2.72. The molecule has 1 heterocycles. The summed E-state index contributed by atoms with van der Waals surface area (Å²) < 4.78 is 0.975. The van der Waals surface area contributed by atoms with Crippen LogP contribution in [0.1, 0.15) is 29.6 Å². The normalized spacial score (nSPS) is 25.5. The second kappa shape index (κ2) is 4.63. The Labute approximate surface area is 101 Å². The molecule has 3 N–H and O–H groups in total. The minimum atomic E-state index is -0.0145. The lowest BCUT2D eigenvalue weighted by Gasteiger charge is -2.16. The first-order valence-electron chi connectivity index (χ1n) is 4.97. The lowest BCUT2D eigenvalue weighted by atomic mass is 10.2. The van der Waals surface area contributed by atoms with Crippen LogP contribution in [0.5, 0.6) is 0 Å². The van der Waals surface area contributed by atoms with E-state index < -0.39 is 0 Å². The number of carbonyl (C=O) groups excluding carboxylic acids is 1. The van der Waals surface area contributed by atoms with E-state index in [0.29, 0.717) is 5.56 Å². The van der Waals surface area contributed by atoms with Crippen LogP contribution in [0.25, 0.3) is 0 Å². The van der Waals surface area contributed by atoms with Gasteiger partial charge >= 0.3 is 0 Å². The van der Waals surface area contributed by atoms with Crippen molar-refractivity contribution in [2.24, 2.45) is 5.73 Å². The second-order valence-electron chi connectivity index (χ2n) is 3.81. The molecule has 3 nitrogen and oxygen atoms in total. The molecule has 0 aliphatic heterocycles. The fraction of sp³-hybridized carbons (Fsp3) is 0.500. The van der Waals surface area contributed by atoms with Crippen LogP contribution in [0, 0.1) is 0 Å². The summed E-state index contributed by atoms with van der Waals surface area (Å²) in [6.45, 7) is 0. The van der Waals surface area contributed by atoms with Gasteiger partial charge in [-0.1, -0.05) is 0 Å². The maximum atomic E-state index is 11.8. The molecular formula is C10H13BrN2OS. The van der Waals surface area contributed by atoms with Crippen LogP contribution < -0.4 is 11.1 Å². The molecule has 0 bridgehead atoms. The van der Waals surface area contributed by atoms with Crippen LogP contribution in [0.2, 0.25) is 0 Å². The van der Waals surface area contributed by atoms with Gasteiger partial charge < -0.3 is 11.1 Å². The van der Waals surface area contributed by atoms with E-state index in [1.54, 1.807) is 0 Å². The Balaban J connectivity index is 1.97. The van der Waals surface area contributed by atoms with Crippen LogP contribution in [-0.2, 0) is 0 Å². The quantitative estimate of drug-likeness (QED) is 0.876. The highest BCUT2D eigenvalue weighted by atomic mass is 79.9. The molecular weight excluding hydrogens is 276 g/mol. The van der Waals surface area contributed by atoms with E-state index in [9.17, 15) is 4.79 Å². The highest BCUT2D eigenvalue weighted by molar-refractivity contribution is 9.11. The van der Waals surface area contributed by atoms with Crippen molar-refractivity contribution in [3.8, 4) is 0 Å². The lowest BCUT2D eigenvalue weighted by Crippen LogP contribution is -2.43. The molecule has 0 radical (unpaired) electrons. The average Bonchev–Trinajstić information content (AvgIpc) is 2.77. The van der Waals surface area contributed by atoms with Gasteiger partial charge in [0, 0.05) is 17.5 Å². The standard InChI is InChI=1S/C10H13BrN2OS/c11-9-4-6(5-15-9)10(14)13-8-3-1-2-7(8)12/h4-5,7-8H,1-3,12H2,(H,13,14). The van der Waals surface area contributed by atoms with E-state index >= 15 is 0 Å². The van der Waals surface area contributed by atoms with Gasteiger partial charge in [0.15, 0.2) is 0 Å². The van der Waals surface area contributed by atoms with Crippen molar-refractivity contribution < 1.29 is 4.79 Å². The molecule has 1 aromatic rings. The first kappa shape index (κ1) is 11.1. The molecule has 2 unspecified atom stereocenters. The molecule has 1 fully saturated rings. The zero-order valence-corrected chi connectivity index (χ0v) is 10.6. The first-order valence-corrected chi connectivity index (χ1v) is 6.64. The number of rotatable bonds is 2. The van der Waals surface area contributed by atoms with E-state index in [4.69, 9.17) is 5.73 Å². The second-order valence-corrected chi connectivity index (χ2v) is 6.10. The monoisotopic (exact) mass is 288 g/mol. The van der Waals surface area contributed by atoms with Crippen LogP contribution in [0.3, 0.4) is 0 Å². The Hall–Kier alpha value is -0.390. The molecule has 2 rings (SSSR count). The topological polar surface area (TPSA) is 55.1 Å². The van der Waals surface area contributed by atoms with Gasteiger partial charge in [-0.3, -0.25) is 4.79 Å². The molecule has 1 aromatic heterocycles. The van der Waals surface area contributed by atoms with Gasteiger partial charge in [0.25, 0.3) is 5.91 Å². The molecule has 15 heavy (non-hydrogen) atoms. The summed E-state index contributed by atoms with van der Waals surface area (Å²) in [7, 11) is 0. The highest BCUT2D eigenvalue weighted by Gasteiger charge is 2.25. The summed E-state index contributed by atoms with van der Waals surface area (Å²) in [6, 6.07) is 2.10. The number of carbonyl (C=O) groups is 1. The zero-order valence-electron chi connectivity index (χ0n) is 8.20. The lowest BCUT2D eigenvalue weighted by molar-refractivity contribution is 0.0935. The molecule has 1 aliphatic rings. The summed E-state index contributed by atoms with van der Waals surface area (Å²) >= 11 is 4.85. The molecule has 0 spiro atoms. The zero-order chi connectivity index (χ0) is 10.8. The Morgan fingerprint density at radius 3 is 2.93 bits per heavy atom. The molecule has 0 saturated heterocycles. The molecule has 1 saturated carbocycles. The first-order chi connectivity index (χ1) is 7.16. The van der Waals surface area contributed by atoms with Gasteiger partial charge in [0.2, 0.25) is 0 Å². The van der Waals surface area contributed by atoms with E-state index in [1.165, 1.54) is 11.3 Å². The van der Waals surface area contributed by atoms with Crippen molar-refractivity contribution >= 4 is 33.2 Å². The summed E-state index contributed by atoms with van der Waals surface area (Å²) in [4.78, 5) is 11.8. The summed E-state index contributed by atoms with van der Waals surface area (Å²) in [5, 5.41) is 4.83. The molecule has 1 aliphatic carbocycles. The number of thiophene rings is 1. The maximum absolute atomic E-state index is 11.8. The Morgan fingerprint density at radius 1 is 1.60 bits per heavy atom. The highest BCUT2D eigenvalue weighted by Crippen LogP contribution is 2.22. The third kappa shape index (κ3) is 2.59. The predicted octanol–water partition coefficient (Wildman–Crippen LogP) is 2.12. The number of halogens is 1. The predicted molar refractivity (Wildman–Crippen MR) is 65.1 cm³/mol. The van der Waals surface area contributed by atoms with Gasteiger partial charge in [-0.25, -0.2) is 0 Å². The van der Waals surface area contributed by atoms with Gasteiger partial charge in [0.1, 0.15) is 0 Å². The van der Waals surface area contributed by atoms with Crippen LogP contribution >= 0.6 is 27.3 Å². The van der Waals surface area contributed by atoms with Crippen molar-refractivity contribution in [3.05, 3.63) is 20.8 Å². The van der Waals surface area contributed by atoms with Gasteiger partial charge in [-0.15, -0.1) is 11.3 Å². The van der Waals surface area contributed by atoms with Crippen molar-refractivity contribution in [2.75, 3.05) is 0 Å². The fourth-order valence-corrected chi connectivity index (χ4v) is 2.99. The summed E-state index contributed by atoms with van der Waals surface area (Å²) in [5.41, 5.74) is 6.60. The number of amides is 1. The summed E-state index contributed by atoms with van der Waals surface area (Å²) in [6.07, 6.45) is 3.12. The van der Waals surface area contributed by atoms with E-state index in [0.717, 1.165) is 23.0 Å². The number of nitrogens with two attached hydrogens (primary N) is 1. The molecule has 1 amide bonds. The van der Waals surface area contributed by atoms with E-state index in [-0.39, 0.29) is 18.0 Å². The van der Waals surface area contributed by atoms with Crippen molar-refractivity contribution in [1.29, 1.82) is 0 Å². The SMILES string of the molecule is NC1CCCC1NC(=O)c1csc(Br)c1. The minimum Gasteiger partial charge on any atom is -0.348 e. The molecule has 5 heteroatoms. The van der Waals surface area contributed by atoms with Crippen molar-refractivity contribution in [3.63, 3.8) is 0 Å². The average molecular weight is 289 g/mol. The van der Waals surface area contributed by atoms with Crippen molar-refractivity contribution in [2.45, 2.75) is 31.3 Å². The van der Waals surface area contributed by atoms with Gasteiger partial charge in [-0.2, -0.15) is 0 Å². The van der Waals surface area contributed by atoms with Crippen molar-refractivity contribution in [1.82, 2.24) is 5.32 Å². The minimum absolute atomic E-state index is 0.0145. The fourth-order valence-electron chi connectivity index (χ4n) is 1.85. The number of hydrogen-bond acceptors (Lipinski definition) is 3. The number of hydrogen-bond donors (Lipinski definition) is 2. The van der Waals surface area contributed by atoms with Gasteiger partial charge in [-0.05, 0) is 41.3 Å². The Morgan fingerprint density at radius 2 is 2.40 bits per heavy atom. The van der Waals surface area contributed by atoms with Gasteiger partial charge in [0.05, 0.1) is 9.35 Å². The largest absolute Gasteiger partial charge is 0.348 e. The van der Waals surface area contributed by atoms with Crippen LogP contribution in [0.15, 0.2) is 15.2 Å². The third-order valence-corrected chi connectivity index (χ3v) is 4.22. The Kier molecular flexibility index (Phi) is 3.43. The molecule has 0 aromatic carbocycles. The van der Waals surface area contributed by atoms with Crippen LogP contribution in [-0.4, -0.2) is 18.0 Å². The van der Waals surface area contributed by atoms with E-state index in [1.807, 2.05) is 11.4 Å². The van der Waals surface area contributed by atoms with E-state index in [2.05, 4.69) is 21.2 Å². The summed E-state index contributed by atoms with van der Waals surface area (Å²) in [5.74, 6) is -0.0145. The molecule has 82 valence electrons. The smallest absolute Gasteiger partial charge is 0.252 e.